The van der Waals surface area contributed by atoms with E-state index in [9.17, 15) is 13.2 Å². The molecule has 1 saturated carbocycles. The SMILES string of the molecule is O=C(NC1=NC2CC2S1)C(CC1CCOCC1)c1ccc(S(=O)(=O)C2COC2)cc1.[HH]. The van der Waals surface area contributed by atoms with Gasteiger partial charge in [0.25, 0.3) is 0 Å². The lowest BCUT2D eigenvalue weighted by Crippen LogP contribution is -2.40. The number of hydrogen-bond donors (Lipinski definition) is 1. The Balaban J connectivity index is 0.00000231. The second-order valence-electron chi connectivity index (χ2n) is 8.50. The highest BCUT2D eigenvalue weighted by Gasteiger charge is 2.44. The number of amides is 1. The molecule has 0 radical (unpaired) electrons. The van der Waals surface area contributed by atoms with Crippen molar-refractivity contribution < 1.29 is 24.1 Å². The summed E-state index contributed by atoms with van der Waals surface area (Å²) >= 11 is 1.65. The number of carbonyl (C=O) groups is 1. The Hall–Kier alpha value is -1.42. The molecule has 0 bridgehead atoms. The fourth-order valence-electron chi connectivity index (χ4n) is 4.19. The smallest absolute Gasteiger partial charge is 0.233 e. The molecule has 1 aromatic rings. The lowest BCUT2D eigenvalue weighted by molar-refractivity contribution is -0.121. The van der Waals surface area contributed by atoms with Crippen LogP contribution in [0.3, 0.4) is 0 Å². The van der Waals surface area contributed by atoms with Gasteiger partial charge in [0.2, 0.25) is 5.91 Å². The molecule has 4 aliphatic rings. The van der Waals surface area contributed by atoms with Crippen molar-refractivity contribution in [2.75, 3.05) is 26.4 Å². The van der Waals surface area contributed by atoms with Crippen LogP contribution in [0.4, 0.5) is 0 Å². The van der Waals surface area contributed by atoms with Gasteiger partial charge in [-0.3, -0.25) is 9.79 Å². The largest absolute Gasteiger partial charge is 0.381 e. The summed E-state index contributed by atoms with van der Waals surface area (Å²) in [6, 6.07) is 7.21. The standard InChI is InChI=1S/C21H26N2O5S2.H2/c24-20(23-21-22-18-10-19(18)29-21)17(9-13-5-7-27-8-6-13)14-1-3-15(4-2-14)30(25,26)16-11-28-12-16;/h1-4,13,16-19H,5-12H2,(H,22,23,24);1H. The van der Waals surface area contributed by atoms with E-state index < -0.39 is 15.1 Å². The maximum Gasteiger partial charge on any atom is 0.233 e. The molecule has 5 rings (SSSR count). The van der Waals surface area contributed by atoms with Crippen molar-refractivity contribution in [1.82, 2.24) is 5.32 Å². The van der Waals surface area contributed by atoms with Crippen LogP contribution in [-0.4, -0.2) is 62.5 Å². The van der Waals surface area contributed by atoms with Crippen LogP contribution >= 0.6 is 11.8 Å². The van der Waals surface area contributed by atoms with Crippen LogP contribution in [0.5, 0.6) is 0 Å². The average Bonchev–Trinajstić information content (AvgIpc) is 3.31. The molecule has 1 N–H and O–H groups in total. The van der Waals surface area contributed by atoms with E-state index in [-0.39, 0.29) is 26.5 Å². The van der Waals surface area contributed by atoms with Gasteiger partial charge in [-0.15, -0.1) is 0 Å². The molecule has 164 valence electrons. The number of nitrogens with one attached hydrogen (secondary N) is 1. The fourth-order valence-corrected chi connectivity index (χ4v) is 6.79. The summed E-state index contributed by atoms with van der Waals surface area (Å²) in [6.45, 7) is 1.96. The normalized spacial score (nSPS) is 27.7. The molecule has 30 heavy (non-hydrogen) atoms. The summed E-state index contributed by atoms with van der Waals surface area (Å²) in [7, 11) is -3.38. The second kappa shape index (κ2) is 8.26. The first-order chi connectivity index (χ1) is 14.5. The molecule has 0 aromatic heterocycles. The molecular weight excluding hydrogens is 424 g/mol. The Morgan fingerprint density at radius 3 is 2.53 bits per heavy atom. The van der Waals surface area contributed by atoms with Crippen molar-refractivity contribution in [3.05, 3.63) is 29.8 Å². The van der Waals surface area contributed by atoms with Gasteiger partial charge in [-0.1, -0.05) is 23.9 Å². The van der Waals surface area contributed by atoms with Crippen molar-refractivity contribution in [3.8, 4) is 0 Å². The molecule has 3 aliphatic heterocycles. The van der Waals surface area contributed by atoms with E-state index >= 15 is 0 Å². The highest BCUT2D eigenvalue weighted by Crippen LogP contribution is 2.44. The maximum absolute atomic E-state index is 13.2. The lowest BCUT2D eigenvalue weighted by atomic mass is 9.84. The predicted molar refractivity (Wildman–Crippen MR) is 117 cm³/mol. The van der Waals surface area contributed by atoms with Crippen molar-refractivity contribution in [3.63, 3.8) is 0 Å². The molecule has 3 heterocycles. The van der Waals surface area contributed by atoms with Gasteiger partial charge in [-0.2, -0.15) is 0 Å². The summed E-state index contributed by atoms with van der Waals surface area (Å²) in [5, 5.41) is 3.81. The quantitative estimate of drug-likeness (QED) is 0.712. The van der Waals surface area contributed by atoms with E-state index in [1.54, 1.807) is 36.0 Å². The Morgan fingerprint density at radius 1 is 1.20 bits per heavy atom. The second-order valence-corrected chi connectivity index (χ2v) is 12.0. The number of fused-ring (bicyclic) bond motifs is 1. The molecular formula is C21H28N2O5S2. The zero-order valence-corrected chi connectivity index (χ0v) is 18.3. The van der Waals surface area contributed by atoms with Crippen LogP contribution < -0.4 is 5.32 Å². The number of hydrogen-bond acceptors (Lipinski definition) is 7. The molecule has 3 atom stereocenters. The minimum absolute atomic E-state index is 0. The first kappa shape index (κ1) is 20.5. The summed E-state index contributed by atoms with van der Waals surface area (Å²) < 4.78 is 35.7. The first-order valence-corrected chi connectivity index (χ1v) is 13.0. The van der Waals surface area contributed by atoms with Gasteiger partial charge in [-0.05, 0) is 49.3 Å². The molecule has 0 spiro atoms. The van der Waals surface area contributed by atoms with Gasteiger partial charge in [0.15, 0.2) is 15.0 Å². The minimum atomic E-state index is -3.38. The highest BCUT2D eigenvalue weighted by molar-refractivity contribution is 8.15. The zero-order chi connectivity index (χ0) is 20.7. The van der Waals surface area contributed by atoms with Gasteiger partial charge >= 0.3 is 0 Å². The van der Waals surface area contributed by atoms with Gasteiger partial charge in [0.1, 0.15) is 5.25 Å². The van der Waals surface area contributed by atoms with E-state index in [2.05, 4.69) is 10.3 Å². The van der Waals surface area contributed by atoms with Crippen LogP contribution in [-0.2, 0) is 24.1 Å². The average molecular weight is 453 g/mol. The third kappa shape index (κ3) is 4.17. The molecule has 9 heteroatoms. The molecule has 1 aliphatic carbocycles. The van der Waals surface area contributed by atoms with Crippen molar-refractivity contribution in [2.45, 2.75) is 53.0 Å². The van der Waals surface area contributed by atoms with E-state index in [1.807, 2.05) is 0 Å². The Morgan fingerprint density at radius 2 is 1.93 bits per heavy atom. The van der Waals surface area contributed by atoms with Crippen LogP contribution in [0.15, 0.2) is 34.2 Å². The van der Waals surface area contributed by atoms with E-state index in [0.29, 0.717) is 22.1 Å². The minimum Gasteiger partial charge on any atom is -0.381 e. The summed E-state index contributed by atoms with van der Waals surface area (Å²) in [6.07, 6.45) is 3.72. The van der Waals surface area contributed by atoms with Gasteiger partial charge in [-0.25, -0.2) is 8.42 Å². The van der Waals surface area contributed by atoms with Crippen LogP contribution in [0.2, 0.25) is 0 Å². The number of nitrogens with zero attached hydrogens (tertiary/aromatic N) is 1. The topological polar surface area (TPSA) is 94.1 Å². The number of thioether (sulfide) groups is 1. The van der Waals surface area contributed by atoms with Crippen LogP contribution in [0, 0.1) is 5.92 Å². The number of amidine groups is 1. The van der Waals surface area contributed by atoms with Gasteiger partial charge in [0.05, 0.1) is 30.1 Å². The molecule has 1 amide bonds. The number of rotatable bonds is 6. The molecule has 7 nitrogen and oxygen atoms in total. The number of benzene rings is 1. The lowest BCUT2D eigenvalue weighted by Gasteiger charge is -2.27. The Kier molecular flexibility index (Phi) is 5.64. The third-order valence-corrected chi connectivity index (χ3v) is 9.68. The number of sulfone groups is 1. The molecule has 3 fully saturated rings. The number of carbonyl (C=O) groups excluding carboxylic acids is 1. The molecule has 3 unspecified atom stereocenters. The van der Waals surface area contributed by atoms with Gasteiger partial charge in [0, 0.05) is 19.9 Å². The third-order valence-electron chi connectivity index (χ3n) is 6.36. The van der Waals surface area contributed by atoms with E-state index in [4.69, 9.17) is 9.47 Å². The summed E-state index contributed by atoms with van der Waals surface area (Å²) in [4.78, 5) is 18.0. The predicted octanol–water partition coefficient (Wildman–Crippen LogP) is 2.37. The van der Waals surface area contributed by atoms with E-state index in [0.717, 1.165) is 49.6 Å². The zero-order valence-electron chi connectivity index (χ0n) is 16.7. The van der Waals surface area contributed by atoms with Crippen molar-refractivity contribution >= 4 is 32.7 Å². The summed E-state index contributed by atoms with van der Waals surface area (Å²) in [5.74, 6) is 0.0192. The Bertz CT molecular complexity index is 943. The maximum atomic E-state index is 13.2. The Labute approximate surface area is 182 Å². The fraction of sp³-hybridized carbons (Fsp3) is 0.619. The van der Waals surface area contributed by atoms with Crippen molar-refractivity contribution in [2.24, 2.45) is 10.9 Å². The highest BCUT2D eigenvalue weighted by atomic mass is 32.2. The molecule has 1 aromatic carbocycles. The van der Waals surface area contributed by atoms with E-state index in [1.165, 1.54) is 0 Å². The summed E-state index contributed by atoms with van der Waals surface area (Å²) in [5.41, 5.74) is 0.844. The van der Waals surface area contributed by atoms with Crippen LogP contribution in [0.25, 0.3) is 0 Å². The monoisotopic (exact) mass is 452 g/mol. The number of ether oxygens (including phenoxy) is 2. The first-order valence-electron chi connectivity index (χ1n) is 10.6. The van der Waals surface area contributed by atoms with Crippen molar-refractivity contribution in [1.29, 1.82) is 0 Å². The van der Waals surface area contributed by atoms with Crippen LogP contribution in [0.1, 0.15) is 38.6 Å². The molecule has 2 saturated heterocycles. The number of aliphatic imine (C=N–C) groups is 1. The van der Waals surface area contributed by atoms with Gasteiger partial charge < -0.3 is 14.8 Å².